The average Bonchev–Trinajstić information content (AvgIpc) is 3.06. The van der Waals surface area contributed by atoms with Gasteiger partial charge in [-0.05, 0) is 67.1 Å². The number of aromatic nitrogens is 2. The second kappa shape index (κ2) is 7.84. The molecule has 2 aromatic carbocycles. The molecule has 0 unspecified atom stereocenters. The number of hydrogen-bond acceptors (Lipinski definition) is 4. The van der Waals surface area contributed by atoms with Crippen LogP contribution in [0.25, 0.3) is 11.0 Å². The lowest BCUT2D eigenvalue weighted by atomic mass is 9.92. The molecular formula is C20H22N4O4S. The van der Waals surface area contributed by atoms with Crippen LogP contribution in [0, 0.1) is 0 Å². The zero-order chi connectivity index (χ0) is 20.4. The van der Waals surface area contributed by atoms with E-state index < -0.39 is 10.0 Å². The minimum atomic E-state index is -3.66. The van der Waals surface area contributed by atoms with Crippen molar-refractivity contribution in [2.75, 3.05) is 11.9 Å². The van der Waals surface area contributed by atoms with E-state index >= 15 is 0 Å². The second-order valence-corrected chi connectivity index (χ2v) is 8.94. The van der Waals surface area contributed by atoms with E-state index in [1.807, 2.05) is 6.07 Å². The predicted molar refractivity (Wildman–Crippen MR) is 110 cm³/mol. The first-order valence-corrected chi connectivity index (χ1v) is 11.0. The molecule has 0 saturated carbocycles. The highest BCUT2D eigenvalue weighted by Gasteiger charge is 2.18. The summed E-state index contributed by atoms with van der Waals surface area (Å²) in [5.74, 6) is -0.324. The number of aryl methyl sites for hydroxylation is 2. The van der Waals surface area contributed by atoms with E-state index in [1.165, 1.54) is 5.56 Å². The summed E-state index contributed by atoms with van der Waals surface area (Å²) < 4.78 is 27.5. The number of amides is 1. The van der Waals surface area contributed by atoms with Crippen molar-refractivity contribution in [2.24, 2.45) is 0 Å². The Morgan fingerprint density at radius 3 is 2.55 bits per heavy atom. The molecule has 4 N–H and O–H groups in total. The normalized spacial score (nSPS) is 13.9. The van der Waals surface area contributed by atoms with Crippen molar-refractivity contribution >= 4 is 32.7 Å². The van der Waals surface area contributed by atoms with Crippen LogP contribution >= 0.6 is 0 Å². The Kier molecular flexibility index (Phi) is 5.25. The van der Waals surface area contributed by atoms with Gasteiger partial charge in [-0.1, -0.05) is 6.07 Å². The molecule has 9 heteroatoms. The summed E-state index contributed by atoms with van der Waals surface area (Å²) in [5, 5.41) is 2.70. The summed E-state index contributed by atoms with van der Waals surface area (Å²) >= 11 is 0. The first-order chi connectivity index (χ1) is 13.9. The van der Waals surface area contributed by atoms with Crippen molar-refractivity contribution in [3.05, 3.63) is 58.0 Å². The first kappa shape index (κ1) is 19.4. The molecule has 152 valence electrons. The van der Waals surface area contributed by atoms with Gasteiger partial charge < -0.3 is 15.3 Å². The Balaban J connectivity index is 1.34. The maximum atomic E-state index is 12.5. The Hall–Kier alpha value is -2.91. The summed E-state index contributed by atoms with van der Waals surface area (Å²) in [6, 6.07) is 10.2. The van der Waals surface area contributed by atoms with Crippen LogP contribution in [-0.2, 0) is 27.7 Å². The molecule has 0 atom stereocenters. The molecule has 0 fully saturated rings. The Morgan fingerprint density at radius 1 is 0.966 bits per heavy atom. The van der Waals surface area contributed by atoms with Crippen LogP contribution in [0.3, 0.4) is 0 Å². The zero-order valence-corrected chi connectivity index (χ0v) is 16.6. The standard InChI is InChI=1S/C20H22N4O4S/c25-19(22-15-6-8-17-18(12-15)24-20(26)23-17)9-10-21-29(27,28)16-7-5-13-3-1-2-4-14(13)11-16/h5-8,11-12,21H,1-4,9-10H2,(H,22,25)(H2,23,24,26). The van der Waals surface area contributed by atoms with Crippen molar-refractivity contribution in [1.29, 1.82) is 0 Å². The number of fused-ring (bicyclic) bond motifs is 2. The van der Waals surface area contributed by atoms with Gasteiger partial charge in [-0.2, -0.15) is 0 Å². The third-order valence-corrected chi connectivity index (χ3v) is 6.53. The number of benzene rings is 2. The number of imidazole rings is 1. The first-order valence-electron chi connectivity index (χ1n) is 9.54. The smallest absolute Gasteiger partial charge is 0.323 e. The summed E-state index contributed by atoms with van der Waals surface area (Å²) in [6.07, 6.45) is 4.10. The van der Waals surface area contributed by atoms with Gasteiger partial charge in [0, 0.05) is 18.7 Å². The predicted octanol–water partition coefficient (Wildman–Crippen LogP) is 2.04. The van der Waals surface area contributed by atoms with Crippen molar-refractivity contribution in [2.45, 2.75) is 37.0 Å². The molecule has 1 amide bonds. The van der Waals surface area contributed by atoms with Crippen molar-refractivity contribution in [3.63, 3.8) is 0 Å². The molecule has 1 aliphatic rings. The van der Waals surface area contributed by atoms with Crippen molar-refractivity contribution in [1.82, 2.24) is 14.7 Å². The molecule has 0 bridgehead atoms. The highest BCUT2D eigenvalue weighted by Crippen LogP contribution is 2.24. The van der Waals surface area contributed by atoms with Gasteiger partial charge in [0.15, 0.2) is 0 Å². The van der Waals surface area contributed by atoms with Gasteiger partial charge in [-0.3, -0.25) is 4.79 Å². The maximum absolute atomic E-state index is 12.5. The number of H-pyrrole nitrogens is 2. The SMILES string of the molecule is O=C(CCNS(=O)(=O)c1ccc2c(c1)CCCC2)Nc1ccc2[nH]c(=O)[nH]c2c1. The van der Waals surface area contributed by atoms with E-state index in [0.717, 1.165) is 31.2 Å². The molecular weight excluding hydrogens is 392 g/mol. The topological polar surface area (TPSA) is 124 Å². The van der Waals surface area contributed by atoms with E-state index in [4.69, 9.17) is 0 Å². The molecule has 3 aromatic rings. The van der Waals surface area contributed by atoms with Crippen LogP contribution in [0.5, 0.6) is 0 Å². The summed E-state index contributed by atoms with van der Waals surface area (Å²) in [4.78, 5) is 28.9. The lowest BCUT2D eigenvalue weighted by Gasteiger charge is -2.16. The molecule has 1 heterocycles. The monoisotopic (exact) mass is 414 g/mol. The number of nitrogens with one attached hydrogen (secondary N) is 4. The van der Waals surface area contributed by atoms with Crippen LogP contribution in [0.15, 0.2) is 46.1 Å². The van der Waals surface area contributed by atoms with E-state index in [9.17, 15) is 18.0 Å². The van der Waals surface area contributed by atoms with Crippen molar-refractivity contribution < 1.29 is 13.2 Å². The molecule has 0 spiro atoms. The molecule has 29 heavy (non-hydrogen) atoms. The van der Waals surface area contributed by atoms with Crippen LogP contribution in [0.2, 0.25) is 0 Å². The van der Waals surface area contributed by atoms with Gasteiger partial charge in [0.2, 0.25) is 15.9 Å². The molecule has 0 aliphatic heterocycles. The van der Waals surface area contributed by atoms with Gasteiger partial charge in [0.1, 0.15) is 0 Å². The highest BCUT2D eigenvalue weighted by molar-refractivity contribution is 7.89. The number of aromatic amines is 2. The van der Waals surface area contributed by atoms with Crippen LogP contribution < -0.4 is 15.7 Å². The van der Waals surface area contributed by atoms with Crippen LogP contribution in [0.4, 0.5) is 5.69 Å². The third kappa shape index (κ3) is 4.41. The number of rotatable bonds is 6. The minimum Gasteiger partial charge on any atom is -0.326 e. The van der Waals surface area contributed by atoms with Crippen LogP contribution in [-0.4, -0.2) is 30.8 Å². The largest absolute Gasteiger partial charge is 0.326 e. The Bertz CT molecular complexity index is 1230. The molecule has 1 aliphatic carbocycles. The zero-order valence-electron chi connectivity index (χ0n) is 15.7. The number of anilines is 1. The molecule has 0 saturated heterocycles. The average molecular weight is 414 g/mol. The maximum Gasteiger partial charge on any atom is 0.323 e. The van der Waals surface area contributed by atoms with Gasteiger partial charge in [-0.25, -0.2) is 17.9 Å². The van der Waals surface area contributed by atoms with Gasteiger partial charge >= 0.3 is 5.69 Å². The van der Waals surface area contributed by atoms with E-state index in [1.54, 1.807) is 30.3 Å². The fourth-order valence-electron chi connectivity index (χ4n) is 3.59. The number of carbonyl (C=O) groups is 1. The second-order valence-electron chi connectivity index (χ2n) is 7.17. The van der Waals surface area contributed by atoms with Gasteiger partial charge in [0.05, 0.1) is 15.9 Å². The number of sulfonamides is 1. The fraction of sp³-hybridized carbons (Fsp3) is 0.300. The van der Waals surface area contributed by atoms with Gasteiger partial charge in [-0.15, -0.1) is 0 Å². The van der Waals surface area contributed by atoms with E-state index in [0.29, 0.717) is 16.7 Å². The molecule has 4 rings (SSSR count). The summed E-state index contributed by atoms with van der Waals surface area (Å²) in [6.45, 7) is -0.00547. The minimum absolute atomic E-state index is 0.00547. The van der Waals surface area contributed by atoms with Crippen LogP contribution in [0.1, 0.15) is 30.4 Å². The molecule has 0 radical (unpaired) electrons. The molecule has 8 nitrogen and oxygen atoms in total. The lowest BCUT2D eigenvalue weighted by Crippen LogP contribution is -2.28. The Labute approximate surface area is 167 Å². The number of hydrogen-bond donors (Lipinski definition) is 4. The highest BCUT2D eigenvalue weighted by atomic mass is 32.2. The third-order valence-electron chi connectivity index (χ3n) is 5.07. The summed E-state index contributed by atoms with van der Waals surface area (Å²) in [7, 11) is -3.66. The Morgan fingerprint density at radius 2 is 1.72 bits per heavy atom. The number of carbonyl (C=O) groups excluding carboxylic acids is 1. The quantitative estimate of drug-likeness (QED) is 0.493. The van der Waals surface area contributed by atoms with E-state index in [2.05, 4.69) is 20.0 Å². The lowest BCUT2D eigenvalue weighted by molar-refractivity contribution is -0.116. The fourth-order valence-corrected chi connectivity index (χ4v) is 4.68. The summed E-state index contributed by atoms with van der Waals surface area (Å²) in [5.41, 5.74) is 3.74. The van der Waals surface area contributed by atoms with E-state index in [-0.39, 0.29) is 29.5 Å². The van der Waals surface area contributed by atoms with Gasteiger partial charge in [0.25, 0.3) is 0 Å². The van der Waals surface area contributed by atoms with Crippen molar-refractivity contribution in [3.8, 4) is 0 Å². The molecule has 1 aromatic heterocycles.